The van der Waals surface area contributed by atoms with Gasteiger partial charge in [0.25, 0.3) is 0 Å². The van der Waals surface area contributed by atoms with Crippen LogP contribution in [-0.2, 0) is 14.6 Å². The lowest BCUT2D eigenvalue weighted by molar-refractivity contribution is 0.0288. The Morgan fingerprint density at radius 3 is 2.56 bits per heavy atom. The molecule has 1 rings (SSSR count). The number of piperidine rings is 1. The molecule has 108 valence electrons. The van der Waals surface area contributed by atoms with E-state index in [4.69, 9.17) is 4.74 Å². The first kappa shape index (κ1) is 15.9. The van der Waals surface area contributed by atoms with Crippen LogP contribution in [0, 0.1) is 0 Å². The monoisotopic (exact) mass is 278 g/mol. The molecule has 0 spiro atoms. The van der Waals surface area contributed by atoms with E-state index in [-0.39, 0.29) is 5.75 Å². The summed E-state index contributed by atoms with van der Waals surface area (Å²) in [6, 6.07) is 0. The van der Waals surface area contributed by atoms with Gasteiger partial charge in [0.1, 0.15) is 9.84 Å². The van der Waals surface area contributed by atoms with Crippen molar-refractivity contribution in [1.82, 2.24) is 10.2 Å². The minimum Gasteiger partial charge on any atom is -0.378 e. The standard InChI is InChI=1S/C12H26N2O3S/c1-14(9-11-18(2,15)16)8-3-10-17-12-4-6-13-7-5-12/h12-13H,3-11H2,1-2H3. The predicted molar refractivity (Wildman–Crippen MR) is 73.7 cm³/mol. The summed E-state index contributed by atoms with van der Waals surface area (Å²) in [4.78, 5) is 2.05. The molecule has 0 aromatic rings. The van der Waals surface area contributed by atoms with Gasteiger partial charge in [-0.2, -0.15) is 0 Å². The molecular formula is C12H26N2O3S. The first-order valence-corrected chi connectivity index (χ1v) is 8.72. The minimum atomic E-state index is -2.85. The van der Waals surface area contributed by atoms with E-state index in [0.29, 0.717) is 12.6 Å². The third-order valence-corrected chi connectivity index (χ3v) is 4.09. The van der Waals surface area contributed by atoms with Crippen molar-refractivity contribution < 1.29 is 13.2 Å². The number of nitrogens with one attached hydrogen (secondary N) is 1. The third-order valence-electron chi connectivity index (χ3n) is 3.17. The molecule has 5 nitrogen and oxygen atoms in total. The highest BCUT2D eigenvalue weighted by Crippen LogP contribution is 2.07. The first-order chi connectivity index (χ1) is 8.47. The van der Waals surface area contributed by atoms with Crippen LogP contribution in [0.3, 0.4) is 0 Å². The van der Waals surface area contributed by atoms with Crippen LogP contribution in [0.5, 0.6) is 0 Å². The van der Waals surface area contributed by atoms with E-state index in [9.17, 15) is 8.42 Å². The summed E-state index contributed by atoms with van der Waals surface area (Å²) in [5, 5.41) is 3.31. The lowest BCUT2D eigenvalue weighted by Gasteiger charge is -2.23. The Kier molecular flexibility index (Phi) is 7.14. The van der Waals surface area contributed by atoms with Gasteiger partial charge in [0.15, 0.2) is 0 Å². The number of hydrogen-bond acceptors (Lipinski definition) is 5. The molecule has 6 heteroatoms. The predicted octanol–water partition coefficient (Wildman–Crippen LogP) is 0.122. The van der Waals surface area contributed by atoms with Crippen LogP contribution in [0.1, 0.15) is 19.3 Å². The van der Waals surface area contributed by atoms with Gasteiger partial charge in [-0.3, -0.25) is 0 Å². The summed E-state index contributed by atoms with van der Waals surface area (Å²) in [7, 11) is -0.893. The summed E-state index contributed by atoms with van der Waals surface area (Å²) in [5.41, 5.74) is 0. The van der Waals surface area contributed by atoms with Crippen LogP contribution < -0.4 is 5.32 Å². The Hall–Kier alpha value is -0.170. The average molecular weight is 278 g/mol. The van der Waals surface area contributed by atoms with Gasteiger partial charge in [-0.05, 0) is 39.4 Å². The second-order valence-electron chi connectivity index (χ2n) is 5.11. The quantitative estimate of drug-likeness (QED) is 0.639. The van der Waals surface area contributed by atoms with Crippen molar-refractivity contribution in [2.24, 2.45) is 0 Å². The van der Waals surface area contributed by atoms with Gasteiger partial charge in [-0.1, -0.05) is 0 Å². The Morgan fingerprint density at radius 2 is 1.94 bits per heavy atom. The molecule has 0 bridgehead atoms. The Labute approximate surface area is 111 Å². The third kappa shape index (κ3) is 8.02. The van der Waals surface area contributed by atoms with Gasteiger partial charge < -0.3 is 15.0 Å². The first-order valence-electron chi connectivity index (χ1n) is 6.66. The van der Waals surface area contributed by atoms with E-state index in [1.54, 1.807) is 0 Å². The highest BCUT2D eigenvalue weighted by Gasteiger charge is 2.12. The normalized spacial score (nSPS) is 18.4. The zero-order valence-corrected chi connectivity index (χ0v) is 12.3. The van der Waals surface area contributed by atoms with Gasteiger partial charge in [0.2, 0.25) is 0 Å². The Balaban J connectivity index is 1.99. The molecule has 1 fully saturated rings. The summed E-state index contributed by atoms with van der Waals surface area (Å²) in [6.45, 7) is 4.37. The summed E-state index contributed by atoms with van der Waals surface area (Å²) < 4.78 is 27.8. The molecule has 1 saturated heterocycles. The van der Waals surface area contributed by atoms with Crippen molar-refractivity contribution in [2.45, 2.75) is 25.4 Å². The fourth-order valence-electron chi connectivity index (χ4n) is 1.98. The van der Waals surface area contributed by atoms with Crippen LogP contribution in [0.15, 0.2) is 0 Å². The van der Waals surface area contributed by atoms with Crippen molar-refractivity contribution in [3.8, 4) is 0 Å². The molecule has 0 aliphatic carbocycles. The number of ether oxygens (including phenoxy) is 1. The molecule has 0 saturated carbocycles. The molecule has 0 aromatic carbocycles. The maximum Gasteiger partial charge on any atom is 0.148 e. The Morgan fingerprint density at radius 1 is 1.28 bits per heavy atom. The SMILES string of the molecule is CN(CCCOC1CCNCC1)CCS(C)(=O)=O. The second-order valence-corrected chi connectivity index (χ2v) is 7.37. The fourth-order valence-corrected chi connectivity index (χ4v) is 2.62. The number of rotatable bonds is 8. The zero-order valence-electron chi connectivity index (χ0n) is 11.5. The number of hydrogen-bond donors (Lipinski definition) is 1. The molecule has 1 N–H and O–H groups in total. The van der Waals surface area contributed by atoms with E-state index >= 15 is 0 Å². The van der Waals surface area contributed by atoms with Gasteiger partial charge in [-0.15, -0.1) is 0 Å². The minimum absolute atomic E-state index is 0.235. The largest absolute Gasteiger partial charge is 0.378 e. The van der Waals surface area contributed by atoms with Crippen molar-refractivity contribution in [2.75, 3.05) is 51.8 Å². The Bertz CT molecular complexity index is 313. The molecule has 18 heavy (non-hydrogen) atoms. The molecule has 1 heterocycles. The number of nitrogens with zero attached hydrogens (tertiary/aromatic N) is 1. The van der Waals surface area contributed by atoms with E-state index in [1.807, 2.05) is 11.9 Å². The van der Waals surface area contributed by atoms with Gasteiger partial charge in [-0.25, -0.2) is 8.42 Å². The molecule has 0 radical (unpaired) electrons. The van der Waals surface area contributed by atoms with E-state index in [1.165, 1.54) is 6.26 Å². The highest BCUT2D eigenvalue weighted by molar-refractivity contribution is 7.90. The highest BCUT2D eigenvalue weighted by atomic mass is 32.2. The maximum atomic E-state index is 11.0. The van der Waals surface area contributed by atoms with Crippen LogP contribution in [0.4, 0.5) is 0 Å². The summed E-state index contributed by atoms with van der Waals surface area (Å²) >= 11 is 0. The smallest absolute Gasteiger partial charge is 0.148 e. The fraction of sp³-hybridized carbons (Fsp3) is 1.00. The van der Waals surface area contributed by atoms with E-state index in [2.05, 4.69) is 5.32 Å². The van der Waals surface area contributed by atoms with E-state index in [0.717, 1.165) is 45.5 Å². The van der Waals surface area contributed by atoms with Gasteiger partial charge in [0.05, 0.1) is 11.9 Å². The van der Waals surface area contributed by atoms with Crippen LogP contribution in [-0.4, -0.2) is 71.3 Å². The van der Waals surface area contributed by atoms with Crippen molar-refractivity contribution in [3.05, 3.63) is 0 Å². The lowest BCUT2D eigenvalue weighted by Crippen LogP contribution is -2.33. The van der Waals surface area contributed by atoms with Crippen molar-refractivity contribution >= 4 is 9.84 Å². The van der Waals surface area contributed by atoms with Crippen LogP contribution in [0.25, 0.3) is 0 Å². The molecule has 1 aliphatic rings. The molecule has 0 atom stereocenters. The molecule has 0 unspecified atom stereocenters. The molecule has 1 aliphatic heterocycles. The van der Waals surface area contributed by atoms with Gasteiger partial charge in [0, 0.05) is 26.0 Å². The zero-order chi connectivity index (χ0) is 13.4. The second kappa shape index (κ2) is 8.09. The lowest BCUT2D eigenvalue weighted by atomic mass is 10.1. The average Bonchev–Trinajstić information content (AvgIpc) is 2.33. The van der Waals surface area contributed by atoms with E-state index < -0.39 is 9.84 Å². The van der Waals surface area contributed by atoms with Crippen molar-refractivity contribution in [1.29, 1.82) is 0 Å². The van der Waals surface area contributed by atoms with Crippen LogP contribution >= 0.6 is 0 Å². The molecular weight excluding hydrogens is 252 g/mol. The summed E-state index contributed by atoms with van der Waals surface area (Å²) in [6.07, 6.45) is 4.85. The van der Waals surface area contributed by atoms with Gasteiger partial charge >= 0.3 is 0 Å². The van der Waals surface area contributed by atoms with Crippen molar-refractivity contribution in [3.63, 3.8) is 0 Å². The number of sulfone groups is 1. The maximum absolute atomic E-state index is 11.0. The van der Waals surface area contributed by atoms with Crippen LogP contribution in [0.2, 0.25) is 0 Å². The molecule has 0 aromatic heterocycles. The molecule has 0 amide bonds. The summed E-state index contributed by atoms with van der Waals surface area (Å²) in [5.74, 6) is 0.235. The topological polar surface area (TPSA) is 58.6 Å².